The molecule has 0 saturated heterocycles. The summed E-state index contributed by atoms with van der Waals surface area (Å²) in [4.78, 5) is 12.4. The summed E-state index contributed by atoms with van der Waals surface area (Å²) >= 11 is 0. The molecule has 1 atom stereocenters. The first-order valence-electron chi connectivity index (χ1n) is 8.16. The third-order valence-corrected chi connectivity index (χ3v) is 3.30. The predicted octanol–water partition coefficient (Wildman–Crippen LogP) is 4.03. The number of rotatable bonds is 8. The monoisotopic (exact) mass is 347 g/mol. The highest BCUT2D eigenvalue weighted by Gasteiger charge is 2.17. The summed E-state index contributed by atoms with van der Waals surface area (Å²) in [5.41, 5.74) is 0.493. The fraction of sp³-hybridized carbons (Fsp3) is 0.316. The van der Waals surface area contributed by atoms with Gasteiger partial charge < -0.3 is 19.5 Å². The van der Waals surface area contributed by atoms with Crippen LogP contribution in [0.2, 0.25) is 0 Å². The topological polar surface area (TPSA) is 56.8 Å². The van der Waals surface area contributed by atoms with Gasteiger partial charge in [0, 0.05) is 12.1 Å². The van der Waals surface area contributed by atoms with Gasteiger partial charge in [-0.2, -0.15) is 0 Å². The molecule has 0 spiro atoms. The van der Waals surface area contributed by atoms with E-state index in [4.69, 9.17) is 14.2 Å². The SMILES string of the molecule is CCOc1ccc(OCC)c(NC(=O)C(C)Oc2cccc(F)c2)c1. The minimum atomic E-state index is -0.813. The third kappa shape index (κ3) is 5.38. The van der Waals surface area contributed by atoms with Gasteiger partial charge in [0.2, 0.25) is 0 Å². The molecule has 0 aliphatic rings. The van der Waals surface area contributed by atoms with Crippen LogP contribution in [-0.2, 0) is 4.79 Å². The van der Waals surface area contributed by atoms with E-state index in [1.807, 2.05) is 13.8 Å². The highest BCUT2D eigenvalue weighted by Crippen LogP contribution is 2.29. The number of benzene rings is 2. The third-order valence-electron chi connectivity index (χ3n) is 3.30. The molecule has 1 unspecified atom stereocenters. The van der Waals surface area contributed by atoms with E-state index in [1.54, 1.807) is 31.2 Å². The lowest BCUT2D eigenvalue weighted by Crippen LogP contribution is -2.30. The van der Waals surface area contributed by atoms with Gasteiger partial charge in [-0.1, -0.05) is 6.07 Å². The van der Waals surface area contributed by atoms with Crippen LogP contribution in [0.3, 0.4) is 0 Å². The first-order valence-corrected chi connectivity index (χ1v) is 8.16. The molecule has 0 fully saturated rings. The van der Waals surface area contributed by atoms with Crippen LogP contribution in [0.5, 0.6) is 17.2 Å². The number of carbonyl (C=O) groups is 1. The first kappa shape index (κ1) is 18.6. The molecule has 0 saturated carbocycles. The Morgan fingerprint density at radius 3 is 2.52 bits per heavy atom. The Balaban J connectivity index is 2.10. The number of nitrogens with one attached hydrogen (secondary N) is 1. The minimum absolute atomic E-state index is 0.288. The summed E-state index contributed by atoms with van der Waals surface area (Å²) in [6.07, 6.45) is -0.813. The molecular formula is C19H22FNO4. The summed E-state index contributed by atoms with van der Waals surface area (Å²) in [5, 5.41) is 2.77. The van der Waals surface area contributed by atoms with Gasteiger partial charge >= 0.3 is 0 Å². The highest BCUT2D eigenvalue weighted by atomic mass is 19.1. The van der Waals surface area contributed by atoms with Crippen molar-refractivity contribution in [3.8, 4) is 17.2 Å². The van der Waals surface area contributed by atoms with Crippen molar-refractivity contribution in [1.29, 1.82) is 0 Å². The van der Waals surface area contributed by atoms with Gasteiger partial charge in [-0.25, -0.2) is 4.39 Å². The van der Waals surface area contributed by atoms with E-state index in [1.165, 1.54) is 18.2 Å². The molecule has 5 nitrogen and oxygen atoms in total. The molecule has 6 heteroatoms. The first-order chi connectivity index (χ1) is 12.0. The molecule has 25 heavy (non-hydrogen) atoms. The van der Waals surface area contributed by atoms with Crippen LogP contribution < -0.4 is 19.5 Å². The Morgan fingerprint density at radius 2 is 1.84 bits per heavy atom. The number of ether oxygens (including phenoxy) is 3. The van der Waals surface area contributed by atoms with Crippen LogP contribution >= 0.6 is 0 Å². The molecule has 0 aromatic heterocycles. The Bertz CT molecular complexity index is 720. The molecular weight excluding hydrogens is 325 g/mol. The molecule has 2 aromatic rings. The van der Waals surface area contributed by atoms with Gasteiger partial charge in [0.1, 0.15) is 23.1 Å². The molecule has 0 aliphatic heterocycles. The summed E-state index contributed by atoms with van der Waals surface area (Å²) in [6, 6.07) is 10.9. The number of carbonyl (C=O) groups excluding carboxylic acids is 1. The summed E-state index contributed by atoms with van der Waals surface area (Å²) in [6.45, 7) is 6.31. The van der Waals surface area contributed by atoms with Gasteiger partial charge in [0.15, 0.2) is 6.10 Å². The largest absolute Gasteiger partial charge is 0.494 e. The molecule has 0 radical (unpaired) electrons. The van der Waals surface area contributed by atoms with Crippen molar-refractivity contribution < 1.29 is 23.4 Å². The van der Waals surface area contributed by atoms with Gasteiger partial charge in [-0.05, 0) is 45.0 Å². The Kier molecular flexibility index (Phi) is 6.62. The quantitative estimate of drug-likeness (QED) is 0.783. The number of amides is 1. The van der Waals surface area contributed by atoms with E-state index in [0.29, 0.717) is 30.4 Å². The highest BCUT2D eigenvalue weighted by molar-refractivity contribution is 5.95. The van der Waals surface area contributed by atoms with E-state index in [-0.39, 0.29) is 11.7 Å². The summed E-state index contributed by atoms with van der Waals surface area (Å²) < 4.78 is 29.7. The molecule has 2 aromatic carbocycles. The maximum Gasteiger partial charge on any atom is 0.265 e. The Morgan fingerprint density at radius 1 is 1.08 bits per heavy atom. The zero-order valence-corrected chi connectivity index (χ0v) is 14.5. The van der Waals surface area contributed by atoms with Crippen molar-refractivity contribution in [3.63, 3.8) is 0 Å². The van der Waals surface area contributed by atoms with Crippen LogP contribution in [0, 0.1) is 5.82 Å². The van der Waals surface area contributed by atoms with Crippen LogP contribution in [0.15, 0.2) is 42.5 Å². The van der Waals surface area contributed by atoms with Crippen molar-refractivity contribution in [3.05, 3.63) is 48.3 Å². The van der Waals surface area contributed by atoms with Crippen molar-refractivity contribution >= 4 is 11.6 Å². The Hall–Kier alpha value is -2.76. The van der Waals surface area contributed by atoms with E-state index in [2.05, 4.69) is 5.32 Å². The average Bonchev–Trinajstić information content (AvgIpc) is 2.57. The lowest BCUT2D eigenvalue weighted by atomic mass is 10.2. The molecule has 0 heterocycles. The van der Waals surface area contributed by atoms with Crippen LogP contribution in [0.4, 0.5) is 10.1 Å². The van der Waals surface area contributed by atoms with Gasteiger partial charge in [-0.3, -0.25) is 4.79 Å². The molecule has 2 rings (SSSR count). The van der Waals surface area contributed by atoms with Gasteiger partial charge in [0.05, 0.1) is 18.9 Å². The number of hydrogen-bond donors (Lipinski definition) is 1. The summed E-state index contributed by atoms with van der Waals surface area (Å²) in [7, 11) is 0. The minimum Gasteiger partial charge on any atom is -0.494 e. The van der Waals surface area contributed by atoms with Gasteiger partial charge in [0.25, 0.3) is 5.91 Å². The summed E-state index contributed by atoms with van der Waals surface area (Å²) in [5.74, 6) is 0.653. The predicted molar refractivity (Wildman–Crippen MR) is 93.9 cm³/mol. The molecule has 0 bridgehead atoms. The van der Waals surface area contributed by atoms with Crippen molar-refractivity contribution in [1.82, 2.24) is 0 Å². The average molecular weight is 347 g/mol. The van der Waals surface area contributed by atoms with Crippen molar-refractivity contribution in [2.45, 2.75) is 26.9 Å². The van der Waals surface area contributed by atoms with Gasteiger partial charge in [-0.15, -0.1) is 0 Å². The second-order valence-corrected chi connectivity index (χ2v) is 5.23. The molecule has 1 N–H and O–H groups in total. The second-order valence-electron chi connectivity index (χ2n) is 5.23. The lowest BCUT2D eigenvalue weighted by molar-refractivity contribution is -0.122. The molecule has 134 valence electrons. The van der Waals surface area contributed by atoms with E-state index >= 15 is 0 Å². The van der Waals surface area contributed by atoms with Crippen molar-refractivity contribution in [2.75, 3.05) is 18.5 Å². The van der Waals surface area contributed by atoms with Crippen LogP contribution in [0.1, 0.15) is 20.8 Å². The van der Waals surface area contributed by atoms with E-state index < -0.39 is 11.9 Å². The van der Waals surface area contributed by atoms with Crippen molar-refractivity contribution in [2.24, 2.45) is 0 Å². The lowest BCUT2D eigenvalue weighted by Gasteiger charge is -2.17. The zero-order valence-electron chi connectivity index (χ0n) is 14.5. The Labute approximate surface area is 146 Å². The maximum atomic E-state index is 13.2. The number of halogens is 1. The van der Waals surface area contributed by atoms with E-state index in [9.17, 15) is 9.18 Å². The number of hydrogen-bond acceptors (Lipinski definition) is 4. The smallest absolute Gasteiger partial charge is 0.265 e. The fourth-order valence-electron chi connectivity index (χ4n) is 2.18. The maximum absolute atomic E-state index is 13.2. The normalized spacial score (nSPS) is 11.5. The second kappa shape index (κ2) is 8.92. The van der Waals surface area contributed by atoms with Crippen LogP contribution in [0.25, 0.3) is 0 Å². The number of anilines is 1. The standard InChI is InChI=1S/C19H22FNO4/c1-4-23-15-9-10-18(24-5-2)17(12-15)21-19(22)13(3)25-16-8-6-7-14(20)11-16/h6-13H,4-5H2,1-3H3,(H,21,22). The molecule has 0 aliphatic carbocycles. The van der Waals surface area contributed by atoms with E-state index in [0.717, 1.165) is 0 Å². The molecule has 1 amide bonds. The fourth-order valence-corrected chi connectivity index (χ4v) is 2.18. The van der Waals surface area contributed by atoms with Crippen LogP contribution in [-0.4, -0.2) is 25.2 Å². The zero-order chi connectivity index (χ0) is 18.2.